The lowest BCUT2D eigenvalue weighted by Crippen LogP contribution is -2.47. The number of hydrogen-bond acceptors (Lipinski definition) is 3. The van der Waals surface area contributed by atoms with Crippen LogP contribution in [-0.4, -0.2) is 52.7 Å². The van der Waals surface area contributed by atoms with Gasteiger partial charge in [-0.25, -0.2) is 0 Å². The van der Waals surface area contributed by atoms with Gasteiger partial charge in [0.1, 0.15) is 0 Å². The van der Waals surface area contributed by atoms with Crippen LogP contribution in [0.5, 0.6) is 0 Å². The predicted molar refractivity (Wildman–Crippen MR) is 120 cm³/mol. The number of nitrogens with zero attached hydrogens (tertiary/aromatic N) is 2. The molecule has 0 bridgehead atoms. The number of aromatic amines is 2. The van der Waals surface area contributed by atoms with E-state index in [2.05, 4.69) is 44.2 Å². The third-order valence-corrected chi connectivity index (χ3v) is 6.26. The van der Waals surface area contributed by atoms with Crippen LogP contribution in [0.4, 0.5) is 5.69 Å². The summed E-state index contributed by atoms with van der Waals surface area (Å²) in [6, 6.07) is 12.3. The van der Waals surface area contributed by atoms with Crippen molar-refractivity contribution in [2.45, 2.75) is 13.0 Å². The second-order valence-corrected chi connectivity index (χ2v) is 8.23. The van der Waals surface area contributed by atoms with Crippen LogP contribution in [0.1, 0.15) is 11.1 Å². The Bertz CT molecular complexity index is 1140. The molecule has 3 heterocycles. The Morgan fingerprint density at radius 2 is 1.76 bits per heavy atom. The highest BCUT2D eigenvalue weighted by molar-refractivity contribution is 6.31. The zero-order chi connectivity index (χ0) is 19.8. The molecule has 0 aliphatic carbocycles. The van der Waals surface area contributed by atoms with Gasteiger partial charge >= 0.3 is 0 Å². The standard InChI is InChI=1S/C23H25ClN4O/c24-18-1-2-19-17(14-26-22(19)13-18)4-6-27-7-9-28(10-8-27)23-12-16(15-29)11-21-20(23)3-5-25-21/h1-3,5,11-14,25-26,29H,4,6-10,15H2. The fourth-order valence-corrected chi connectivity index (χ4v) is 4.59. The highest BCUT2D eigenvalue weighted by atomic mass is 35.5. The first-order valence-corrected chi connectivity index (χ1v) is 10.5. The quantitative estimate of drug-likeness (QED) is 0.464. The van der Waals surface area contributed by atoms with Gasteiger partial charge in [0.2, 0.25) is 0 Å². The van der Waals surface area contributed by atoms with E-state index in [1.165, 1.54) is 22.0 Å². The Balaban J connectivity index is 1.24. The Hall–Kier alpha value is -2.47. The molecule has 2 aromatic heterocycles. The van der Waals surface area contributed by atoms with Crippen molar-refractivity contribution in [3.63, 3.8) is 0 Å². The number of halogens is 1. The third kappa shape index (κ3) is 3.62. The van der Waals surface area contributed by atoms with Crippen LogP contribution >= 0.6 is 11.6 Å². The SMILES string of the molecule is OCc1cc(N2CCN(CCc3c[nH]c4cc(Cl)ccc34)CC2)c2cc[nH]c2c1. The Morgan fingerprint density at radius 3 is 2.59 bits per heavy atom. The zero-order valence-electron chi connectivity index (χ0n) is 16.3. The van der Waals surface area contributed by atoms with Gasteiger partial charge in [-0.05, 0) is 47.9 Å². The molecular weight excluding hydrogens is 384 g/mol. The largest absolute Gasteiger partial charge is 0.392 e. The molecule has 0 radical (unpaired) electrons. The van der Waals surface area contributed by atoms with Crippen LogP contribution in [-0.2, 0) is 13.0 Å². The van der Waals surface area contributed by atoms with Crippen molar-refractivity contribution >= 4 is 39.1 Å². The third-order valence-electron chi connectivity index (χ3n) is 6.03. The number of aromatic nitrogens is 2. The summed E-state index contributed by atoms with van der Waals surface area (Å²) in [5, 5.41) is 12.9. The average molecular weight is 409 g/mol. The molecule has 6 heteroatoms. The molecule has 1 saturated heterocycles. The molecule has 1 aliphatic rings. The molecule has 4 aromatic rings. The summed E-state index contributed by atoms with van der Waals surface area (Å²) in [5.74, 6) is 0. The Labute approximate surface area is 174 Å². The molecule has 29 heavy (non-hydrogen) atoms. The maximum absolute atomic E-state index is 9.60. The molecule has 3 N–H and O–H groups in total. The van der Waals surface area contributed by atoms with Gasteiger partial charge in [-0.2, -0.15) is 0 Å². The second kappa shape index (κ2) is 7.75. The lowest BCUT2D eigenvalue weighted by Gasteiger charge is -2.36. The van der Waals surface area contributed by atoms with Crippen LogP contribution in [0, 0.1) is 0 Å². The van der Waals surface area contributed by atoms with Gasteiger partial charge < -0.3 is 20.0 Å². The van der Waals surface area contributed by atoms with Crippen molar-refractivity contribution in [3.05, 3.63) is 64.9 Å². The first-order chi connectivity index (χ1) is 14.2. The van der Waals surface area contributed by atoms with Gasteiger partial charge in [0, 0.05) is 77.6 Å². The van der Waals surface area contributed by atoms with Crippen molar-refractivity contribution in [1.82, 2.24) is 14.9 Å². The minimum absolute atomic E-state index is 0.0672. The molecular formula is C23H25ClN4O. The lowest BCUT2D eigenvalue weighted by molar-refractivity contribution is 0.261. The number of benzene rings is 2. The monoisotopic (exact) mass is 408 g/mol. The summed E-state index contributed by atoms with van der Waals surface area (Å²) < 4.78 is 0. The normalized spacial score (nSPS) is 15.6. The first kappa shape index (κ1) is 18.6. The summed E-state index contributed by atoms with van der Waals surface area (Å²) in [6.07, 6.45) is 5.11. The predicted octanol–water partition coefficient (Wildman–Crippen LogP) is 4.16. The van der Waals surface area contributed by atoms with Crippen LogP contribution in [0.2, 0.25) is 5.02 Å². The van der Waals surface area contributed by atoms with Gasteiger partial charge in [0.25, 0.3) is 0 Å². The molecule has 5 rings (SSSR count). The summed E-state index contributed by atoms with van der Waals surface area (Å²) in [7, 11) is 0. The van der Waals surface area contributed by atoms with Crippen molar-refractivity contribution in [2.24, 2.45) is 0 Å². The van der Waals surface area contributed by atoms with E-state index in [0.29, 0.717) is 0 Å². The minimum Gasteiger partial charge on any atom is -0.392 e. The number of rotatable bonds is 5. The minimum atomic E-state index is 0.0672. The fraction of sp³-hybridized carbons (Fsp3) is 0.304. The van der Waals surface area contributed by atoms with Crippen LogP contribution < -0.4 is 4.90 Å². The molecule has 1 aliphatic heterocycles. The van der Waals surface area contributed by atoms with Crippen molar-refractivity contribution in [3.8, 4) is 0 Å². The van der Waals surface area contributed by atoms with Crippen molar-refractivity contribution in [2.75, 3.05) is 37.6 Å². The van der Waals surface area contributed by atoms with Crippen molar-refractivity contribution in [1.29, 1.82) is 0 Å². The van der Waals surface area contributed by atoms with E-state index in [1.807, 2.05) is 24.4 Å². The van der Waals surface area contributed by atoms with E-state index in [1.54, 1.807) is 0 Å². The van der Waals surface area contributed by atoms with Gasteiger partial charge in [-0.3, -0.25) is 4.90 Å². The highest BCUT2D eigenvalue weighted by Gasteiger charge is 2.20. The van der Waals surface area contributed by atoms with Gasteiger partial charge in [0.05, 0.1) is 6.61 Å². The number of H-pyrrole nitrogens is 2. The smallest absolute Gasteiger partial charge is 0.0683 e. The van der Waals surface area contributed by atoms with Gasteiger partial charge in [0.15, 0.2) is 0 Å². The number of aliphatic hydroxyl groups excluding tert-OH is 1. The number of nitrogens with one attached hydrogen (secondary N) is 2. The van der Waals surface area contributed by atoms with E-state index in [-0.39, 0.29) is 6.61 Å². The molecule has 150 valence electrons. The number of fused-ring (bicyclic) bond motifs is 2. The van der Waals surface area contributed by atoms with Crippen molar-refractivity contribution < 1.29 is 5.11 Å². The Morgan fingerprint density at radius 1 is 0.931 bits per heavy atom. The van der Waals surface area contributed by atoms with E-state index in [0.717, 1.165) is 60.8 Å². The molecule has 0 unspecified atom stereocenters. The van der Waals surface area contributed by atoms with Crippen LogP contribution in [0.3, 0.4) is 0 Å². The maximum Gasteiger partial charge on any atom is 0.0683 e. The molecule has 0 spiro atoms. The number of hydrogen-bond donors (Lipinski definition) is 3. The average Bonchev–Trinajstić information content (AvgIpc) is 3.38. The zero-order valence-corrected chi connectivity index (χ0v) is 17.0. The van der Waals surface area contributed by atoms with E-state index >= 15 is 0 Å². The molecule has 2 aromatic carbocycles. The molecule has 5 nitrogen and oxygen atoms in total. The van der Waals surface area contributed by atoms with E-state index in [4.69, 9.17) is 11.6 Å². The van der Waals surface area contributed by atoms with Gasteiger partial charge in [-0.1, -0.05) is 17.7 Å². The molecule has 1 fully saturated rings. The topological polar surface area (TPSA) is 58.3 Å². The van der Waals surface area contributed by atoms with Crippen LogP contribution in [0.25, 0.3) is 21.8 Å². The maximum atomic E-state index is 9.60. The Kier molecular flexibility index (Phi) is 4.96. The second-order valence-electron chi connectivity index (χ2n) is 7.79. The molecule has 0 saturated carbocycles. The summed E-state index contributed by atoms with van der Waals surface area (Å²) in [5.41, 5.74) is 5.73. The highest BCUT2D eigenvalue weighted by Crippen LogP contribution is 2.29. The number of aliphatic hydroxyl groups is 1. The van der Waals surface area contributed by atoms with E-state index < -0.39 is 0 Å². The number of anilines is 1. The summed E-state index contributed by atoms with van der Waals surface area (Å²) in [4.78, 5) is 11.6. The van der Waals surface area contributed by atoms with Gasteiger partial charge in [-0.15, -0.1) is 0 Å². The van der Waals surface area contributed by atoms with E-state index in [9.17, 15) is 5.11 Å². The summed E-state index contributed by atoms with van der Waals surface area (Å²) >= 11 is 6.09. The molecule has 0 amide bonds. The molecule has 0 atom stereocenters. The first-order valence-electron chi connectivity index (χ1n) is 10.1. The summed E-state index contributed by atoms with van der Waals surface area (Å²) in [6.45, 7) is 5.21. The lowest BCUT2D eigenvalue weighted by atomic mass is 10.1. The number of piperazine rings is 1. The van der Waals surface area contributed by atoms with Crippen LogP contribution in [0.15, 0.2) is 48.8 Å². The fourth-order valence-electron chi connectivity index (χ4n) is 4.41.